The Morgan fingerprint density at radius 2 is 1.50 bits per heavy atom. The van der Waals surface area contributed by atoms with Crippen LogP contribution < -0.4 is 9.47 Å². The van der Waals surface area contributed by atoms with Crippen LogP contribution in [0.3, 0.4) is 0 Å². The van der Waals surface area contributed by atoms with Gasteiger partial charge < -0.3 is 59.4 Å². The molecule has 0 spiro atoms. The van der Waals surface area contributed by atoms with E-state index in [1.807, 2.05) is 0 Å². The minimum Gasteiger partial charge on any atom is -0.504 e. The Bertz CT molecular complexity index is 702. The van der Waals surface area contributed by atoms with E-state index in [0.717, 1.165) is 0 Å². The molecule has 1 aromatic carbocycles. The summed E-state index contributed by atoms with van der Waals surface area (Å²) in [5.41, 5.74) is 0. The first kappa shape index (κ1) is 22.9. The second-order valence-electron chi connectivity index (χ2n) is 7.01. The molecular formula is C18H26O12. The maximum Gasteiger partial charge on any atom is 0.229 e. The second-order valence-corrected chi connectivity index (χ2v) is 7.01. The summed E-state index contributed by atoms with van der Waals surface area (Å²) in [5, 5.41) is 68.9. The smallest absolute Gasteiger partial charge is 0.229 e. The Labute approximate surface area is 171 Å². The van der Waals surface area contributed by atoms with Gasteiger partial charge in [0.2, 0.25) is 6.29 Å². The lowest BCUT2D eigenvalue weighted by Gasteiger charge is -2.40. The third-order valence-electron chi connectivity index (χ3n) is 5.00. The highest BCUT2D eigenvalue weighted by Crippen LogP contribution is 2.32. The van der Waals surface area contributed by atoms with Crippen molar-refractivity contribution in [1.29, 1.82) is 0 Å². The van der Waals surface area contributed by atoms with E-state index in [1.54, 1.807) is 0 Å². The van der Waals surface area contributed by atoms with Crippen molar-refractivity contribution in [2.24, 2.45) is 0 Å². The van der Waals surface area contributed by atoms with E-state index in [2.05, 4.69) is 0 Å². The van der Waals surface area contributed by atoms with E-state index < -0.39 is 68.5 Å². The van der Waals surface area contributed by atoms with Crippen molar-refractivity contribution in [2.45, 2.75) is 55.3 Å². The first-order valence-corrected chi connectivity index (χ1v) is 9.24. The minimum atomic E-state index is -1.64. The van der Waals surface area contributed by atoms with E-state index in [9.17, 15) is 30.6 Å². The lowest BCUT2D eigenvalue weighted by atomic mass is 9.99. The Morgan fingerprint density at radius 1 is 0.867 bits per heavy atom. The van der Waals surface area contributed by atoms with Crippen LogP contribution >= 0.6 is 0 Å². The normalized spacial score (nSPS) is 39.1. The van der Waals surface area contributed by atoms with Crippen molar-refractivity contribution in [2.75, 3.05) is 20.3 Å². The topological polar surface area (TPSA) is 188 Å². The van der Waals surface area contributed by atoms with Crippen LogP contribution in [0.25, 0.3) is 0 Å². The van der Waals surface area contributed by atoms with Crippen LogP contribution in [0.4, 0.5) is 0 Å². The zero-order valence-electron chi connectivity index (χ0n) is 16.0. The van der Waals surface area contributed by atoms with Gasteiger partial charge in [-0.15, -0.1) is 0 Å². The molecule has 3 rings (SSSR count). The van der Waals surface area contributed by atoms with Gasteiger partial charge in [-0.1, -0.05) is 0 Å². The highest BCUT2D eigenvalue weighted by atomic mass is 16.7. The fraction of sp³-hybridized carbons (Fsp3) is 0.667. The van der Waals surface area contributed by atoms with Crippen LogP contribution in [0, 0.1) is 0 Å². The molecule has 2 aliphatic heterocycles. The lowest BCUT2D eigenvalue weighted by molar-refractivity contribution is -0.290. The highest BCUT2D eigenvalue weighted by Gasteiger charge is 2.47. The molecule has 170 valence electrons. The zero-order chi connectivity index (χ0) is 22.0. The summed E-state index contributed by atoms with van der Waals surface area (Å²) in [6, 6.07) is 4.03. The third kappa shape index (κ3) is 4.61. The maximum atomic E-state index is 10.2. The van der Waals surface area contributed by atoms with Crippen LogP contribution in [-0.4, -0.2) is 111 Å². The Hall–Kier alpha value is -1.74. The molecule has 7 N–H and O–H groups in total. The molecule has 2 heterocycles. The van der Waals surface area contributed by atoms with Gasteiger partial charge in [-0.2, -0.15) is 0 Å². The first-order chi connectivity index (χ1) is 14.3. The van der Waals surface area contributed by atoms with Crippen LogP contribution in [0.5, 0.6) is 17.2 Å². The van der Waals surface area contributed by atoms with Crippen molar-refractivity contribution in [1.82, 2.24) is 0 Å². The van der Waals surface area contributed by atoms with Crippen molar-refractivity contribution in [3.8, 4) is 17.2 Å². The van der Waals surface area contributed by atoms with Crippen LogP contribution in [0.15, 0.2) is 18.2 Å². The summed E-state index contributed by atoms with van der Waals surface area (Å²) in [6.45, 7) is -0.923. The van der Waals surface area contributed by atoms with Crippen LogP contribution in [-0.2, 0) is 14.2 Å². The molecule has 12 heteroatoms. The number of hydrogen-bond donors (Lipinski definition) is 7. The Balaban J connectivity index is 1.64. The number of ether oxygens (including phenoxy) is 5. The molecular weight excluding hydrogens is 408 g/mol. The molecule has 0 aliphatic carbocycles. The molecule has 0 bridgehead atoms. The maximum absolute atomic E-state index is 10.2. The van der Waals surface area contributed by atoms with E-state index >= 15 is 0 Å². The molecule has 9 atom stereocenters. The minimum absolute atomic E-state index is 0.114. The summed E-state index contributed by atoms with van der Waals surface area (Å²) >= 11 is 0. The van der Waals surface area contributed by atoms with E-state index in [-0.39, 0.29) is 17.2 Å². The highest BCUT2D eigenvalue weighted by molar-refractivity contribution is 5.44. The molecule has 30 heavy (non-hydrogen) atoms. The van der Waals surface area contributed by atoms with Gasteiger partial charge in [-0.25, -0.2) is 0 Å². The quantitative estimate of drug-likeness (QED) is 0.231. The molecule has 2 fully saturated rings. The van der Waals surface area contributed by atoms with Crippen molar-refractivity contribution in [3.63, 3.8) is 0 Å². The molecule has 2 saturated heterocycles. The predicted molar refractivity (Wildman–Crippen MR) is 95.7 cm³/mol. The number of rotatable bonds is 7. The largest absolute Gasteiger partial charge is 0.504 e. The summed E-state index contributed by atoms with van der Waals surface area (Å²) in [6.07, 6.45) is -12.5. The lowest BCUT2D eigenvalue weighted by Crippen LogP contribution is -2.60. The zero-order valence-corrected chi connectivity index (χ0v) is 16.0. The first-order valence-electron chi connectivity index (χ1n) is 9.24. The summed E-state index contributed by atoms with van der Waals surface area (Å²) < 4.78 is 26.5. The van der Waals surface area contributed by atoms with Gasteiger partial charge in [0, 0.05) is 6.07 Å². The second kappa shape index (κ2) is 9.60. The van der Waals surface area contributed by atoms with Crippen LogP contribution in [0.1, 0.15) is 0 Å². The fourth-order valence-electron chi connectivity index (χ4n) is 3.21. The molecule has 1 aromatic rings. The van der Waals surface area contributed by atoms with Gasteiger partial charge in [0.25, 0.3) is 0 Å². The van der Waals surface area contributed by atoms with Gasteiger partial charge in [0.15, 0.2) is 17.8 Å². The van der Waals surface area contributed by atoms with Gasteiger partial charge in [0.05, 0.1) is 20.3 Å². The molecule has 0 saturated carbocycles. The predicted octanol–water partition coefficient (Wildman–Crippen LogP) is -2.96. The number of aliphatic hydroxyl groups is 6. The number of methoxy groups -OCH3 is 1. The van der Waals surface area contributed by atoms with Gasteiger partial charge in [0.1, 0.15) is 48.5 Å². The van der Waals surface area contributed by atoms with Gasteiger partial charge in [-0.05, 0) is 12.1 Å². The molecule has 2 aliphatic rings. The van der Waals surface area contributed by atoms with Crippen molar-refractivity contribution < 1.29 is 59.4 Å². The fourth-order valence-corrected chi connectivity index (χ4v) is 3.21. The monoisotopic (exact) mass is 434 g/mol. The SMILES string of the molecule is COc1cc(O[C@@H]2O[C@H](CO[C@@H]3O[C@@H](CO)[C@@H](O)[C@H]3O)[C@H](O)[C@H](O)[C@H]2O)ccc1O. The summed E-state index contributed by atoms with van der Waals surface area (Å²) in [4.78, 5) is 0. The Kier molecular flexibility index (Phi) is 7.34. The number of aliphatic hydroxyl groups excluding tert-OH is 6. The molecule has 0 radical (unpaired) electrons. The summed E-state index contributed by atoms with van der Waals surface area (Å²) in [5.74, 6) is 0.137. The van der Waals surface area contributed by atoms with E-state index in [0.29, 0.717) is 0 Å². The van der Waals surface area contributed by atoms with E-state index in [1.165, 1.54) is 25.3 Å². The molecule has 0 amide bonds. The van der Waals surface area contributed by atoms with Crippen molar-refractivity contribution >= 4 is 0 Å². The average Bonchev–Trinajstić information content (AvgIpc) is 3.02. The number of benzene rings is 1. The average molecular weight is 434 g/mol. The molecule has 0 unspecified atom stereocenters. The van der Waals surface area contributed by atoms with Gasteiger partial charge >= 0.3 is 0 Å². The molecule has 0 aromatic heterocycles. The number of phenols is 1. The number of hydrogen-bond acceptors (Lipinski definition) is 12. The van der Waals surface area contributed by atoms with Gasteiger partial charge in [-0.3, -0.25) is 0 Å². The molecule has 12 nitrogen and oxygen atoms in total. The third-order valence-corrected chi connectivity index (χ3v) is 5.00. The van der Waals surface area contributed by atoms with E-state index in [4.69, 9.17) is 28.8 Å². The summed E-state index contributed by atoms with van der Waals surface area (Å²) in [7, 11) is 1.34. The number of aromatic hydroxyl groups is 1. The van der Waals surface area contributed by atoms with Crippen molar-refractivity contribution in [3.05, 3.63) is 18.2 Å². The number of phenolic OH excluding ortho intramolecular Hbond substituents is 1. The van der Waals surface area contributed by atoms with Crippen LogP contribution in [0.2, 0.25) is 0 Å². The standard InChI is InChI=1S/C18H26O12/c1-26-9-4-7(2-3-8(9)20)28-18-16(25)14(23)13(22)11(30-18)6-27-17-15(24)12(21)10(5-19)29-17/h2-4,10-25H,5-6H2,1H3/t10-,11+,12+,13-,14-,15+,16+,17+,18+/m0/s1. The Morgan fingerprint density at radius 3 is 2.13 bits per heavy atom.